The van der Waals surface area contributed by atoms with Crippen molar-refractivity contribution in [1.29, 1.82) is 0 Å². The van der Waals surface area contributed by atoms with Crippen LogP contribution in [0, 0.1) is 0 Å². The maximum atomic E-state index is 11.8. The highest BCUT2D eigenvalue weighted by Gasteiger charge is 2.15. The highest BCUT2D eigenvalue weighted by molar-refractivity contribution is 7.90. The van der Waals surface area contributed by atoms with E-state index in [0.29, 0.717) is 0 Å². The maximum Gasteiger partial charge on any atom is 0.251 e. The Morgan fingerprint density at radius 3 is 2.33 bits per heavy atom. The molecule has 0 saturated carbocycles. The number of hydrogen-bond donors (Lipinski definition) is 1. The lowest BCUT2D eigenvalue weighted by atomic mass is 10.2. The van der Waals surface area contributed by atoms with Gasteiger partial charge >= 0.3 is 0 Å². The maximum absolute atomic E-state index is 11.8. The molecule has 5 nitrogen and oxygen atoms in total. The molecule has 0 spiro atoms. The summed E-state index contributed by atoms with van der Waals surface area (Å²) in [5.74, 6) is -0.581. The molecule has 1 aromatic rings. The topological polar surface area (TPSA) is 76.1 Å². The van der Waals surface area contributed by atoms with E-state index in [1.165, 1.54) is 12.1 Å². The van der Waals surface area contributed by atoms with Crippen LogP contribution in [0.1, 0.15) is 17.3 Å². The Hall–Kier alpha value is -0.850. The molecule has 1 heterocycles. The number of carbonyl (C=O) groups excluding carboxylic acids is 1. The molecule has 1 unspecified atom stereocenters. The van der Waals surface area contributed by atoms with E-state index in [0.717, 1.165) is 6.26 Å². The number of amides is 1. The molecular formula is C10H12Cl2N2O3S. The van der Waals surface area contributed by atoms with E-state index >= 15 is 0 Å². The van der Waals surface area contributed by atoms with Gasteiger partial charge in [-0.05, 0) is 19.1 Å². The molecule has 100 valence electrons. The summed E-state index contributed by atoms with van der Waals surface area (Å²) in [5, 5.41) is 2.74. The van der Waals surface area contributed by atoms with E-state index in [1.54, 1.807) is 6.92 Å². The van der Waals surface area contributed by atoms with Gasteiger partial charge in [-0.15, -0.1) is 0 Å². The lowest BCUT2D eigenvalue weighted by Crippen LogP contribution is -2.37. The van der Waals surface area contributed by atoms with Crippen molar-refractivity contribution < 1.29 is 13.2 Å². The second-order valence-electron chi connectivity index (χ2n) is 3.97. The molecule has 0 bridgehead atoms. The smallest absolute Gasteiger partial charge is 0.251 e. The fraction of sp³-hybridized carbons (Fsp3) is 0.400. The number of rotatable bonds is 4. The monoisotopic (exact) mass is 310 g/mol. The number of pyridine rings is 1. The van der Waals surface area contributed by atoms with Crippen molar-refractivity contribution in [2.75, 3.05) is 12.0 Å². The molecule has 1 atom stereocenters. The first kappa shape index (κ1) is 15.2. The van der Waals surface area contributed by atoms with Gasteiger partial charge < -0.3 is 5.32 Å². The Kier molecular flexibility index (Phi) is 4.95. The number of aromatic nitrogens is 1. The summed E-state index contributed by atoms with van der Waals surface area (Å²) in [6.45, 7) is 1.60. The van der Waals surface area contributed by atoms with Gasteiger partial charge in [-0.2, -0.15) is 0 Å². The van der Waals surface area contributed by atoms with Gasteiger partial charge in [0.1, 0.15) is 20.1 Å². The van der Waals surface area contributed by atoms with Crippen molar-refractivity contribution in [2.24, 2.45) is 0 Å². The number of nitrogens with zero attached hydrogens (tertiary/aromatic N) is 1. The van der Waals surface area contributed by atoms with Gasteiger partial charge in [0.25, 0.3) is 5.91 Å². The van der Waals surface area contributed by atoms with Crippen LogP contribution in [0.15, 0.2) is 12.1 Å². The van der Waals surface area contributed by atoms with Gasteiger partial charge in [0.15, 0.2) is 0 Å². The van der Waals surface area contributed by atoms with Gasteiger partial charge in [-0.1, -0.05) is 23.2 Å². The van der Waals surface area contributed by atoms with Crippen molar-refractivity contribution in [3.05, 3.63) is 28.0 Å². The molecular weight excluding hydrogens is 299 g/mol. The predicted molar refractivity (Wildman–Crippen MR) is 70.9 cm³/mol. The standard InChI is InChI=1S/C10H12Cl2N2O3S/c1-6(5-18(2,16)17)13-10(15)7-3-8(11)14-9(12)4-7/h3-4,6H,5H2,1-2H3,(H,13,15). The van der Waals surface area contributed by atoms with Crippen LogP contribution < -0.4 is 5.32 Å². The number of halogens is 2. The third-order valence-corrected chi connectivity index (χ3v) is 3.45. The van der Waals surface area contributed by atoms with E-state index in [1.807, 2.05) is 0 Å². The number of sulfone groups is 1. The highest BCUT2D eigenvalue weighted by atomic mass is 35.5. The lowest BCUT2D eigenvalue weighted by Gasteiger charge is -2.12. The SMILES string of the molecule is CC(CS(C)(=O)=O)NC(=O)c1cc(Cl)nc(Cl)c1. The Morgan fingerprint density at radius 2 is 1.89 bits per heavy atom. The fourth-order valence-electron chi connectivity index (χ4n) is 1.40. The minimum Gasteiger partial charge on any atom is -0.349 e. The molecule has 1 aromatic heterocycles. The molecule has 0 aromatic carbocycles. The summed E-state index contributed by atoms with van der Waals surface area (Å²) in [6, 6.07) is 2.21. The Labute approximate surface area is 115 Å². The summed E-state index contributed by atoms with van der Waals surface area (Å²) in [4.78, 5) is 15.5. The number of carbonyl (C=O) groups is 1. The van der Waals surface area contributed by atoms with Crippen molar-refractivity contribution in [2.45, 2.75) is 13.0 Å². The van der Waals surface area contributed by atoms with E-state index in [2.05, 4.69) is 10.3 Å². The summed E-state index contributed by atoms with van der Waals surface area (Å²) in [6.07, 6.45) is 1.11. The summed E-state index contributed by atoms with van der Waals surface area (Å²) >= 11 is 11.3. The fourth-order valence-corrected chi connectivity index (χ4v) is 2.85. The molecule has 1 N–H and O–H groups in total. The third-order valence-electron chi connectivity index (χ3n) is 1.96. The van der Waals surface area contributed by atoms with Gasteiger partial charge in [0, 0.05) is 17.9 Å². The molecule has 0 fully saturated rings. The first-order valence-electron chi connectivity index (χ1n) is 4.99. The molecule has 0 saturated heterocycles. The second-order valence-corrected chi connectivity index (χ2v) is 6.93. The van der Waals surface area contributed by atoms with E-state index in [4.69, 9.17) is 23.2 Å². The zero-order valence-corrected chi connectivity index (χ0v) is 12.1. The van der Waals surface area contributed by atoms with Gasteiger partial charge in [-0.3, -0.25) is 4.79 Å². The van der Waals surface area contributed by atoms with Crippen LogP contribution in [0.5, 0.6) is 0 Å². The van der Waals surface area contributed by atoms with Crippen LogP contribution >= 0.6 is 23.2 Å². The van der Waals surface area contributed by atoms with Crippen LogP contribution in [0.3, 0.4) is 0 Å². The zero-order valence-electron chi connectivity index (χ0n) is 9.78. The predicted octanol–water partition coefficient (Wildman–Crippen LogP) is 1.55. The van der Waals surface area contributed by atoms with Gasteiger partial charge in [-0.25, -0.2) is 13.4 Å². The highest BCUT2D eigenvalue weighted by Crippen LogP contribution is 2.14. The van der Waals surface area contributed by atoms with Gasteiger partial charge in [0.2, 0.25) is 0 Å². The van der Waals surface area contributed by atoms with Crippen LogP contribution in [-0.4, -0.2) is 37.4 Å². The van der Waals surface area contributed by atoms with Crippen molar-refractivity contribution in [3.8, 4) is 0 Å². The van der Waals surface area contributed by atoms with E-state index < -0.39 is 21.8 Å². The van der Waals surface area contributed by atoms with E-state index in [9.17, 15) is 13.2 Å². The third kappa shape index (κ3) is 5.20. The minimum absolute atomic E-state index is 0.100. The van der Waals surface area contributed by atoms with Crippen LogP contribution in [0.4, 0.5) is 0 Å². The second kappa shape index (κ2) is 5.86. The average molecular weight is 311 g/mol. The first-order chi connectivity index (χ1) is 8.17. The largest absolute Gasteiger partial charge is 0.349 e. The Morgan fingerprint density at radius 1 is 1.39 bits per heavy atom. The van der Waals surface area contributed by atoms with Gasteiger partial charge in [0.05, 0.1) is 5.75 Å². The quantitative estimate of drug-likeness (QED) is 0.856. The summed E-state index contributed by atoms with van der Waals surface area (Å²) < 4.78 is 22.1. The minimum atomic E-state index is -3.15. The summed E-state index contributed by atoms with van der Waals surface area (Å²) in [5.41, 5.74) is 0.236. The molecule has 18 heavy (non-hydrogen) atoms. The number of nitrogens with one attached hydrogen (secondary N) is 1. The molecule has 8 heteroatoms. The van der Waals surface area contributed by atoms with Crippen molar-refractivity contribution in [3.63, 3.8) is 0 Å². The molecule has 0 aliphatic carbocycles. The molecule has 0 aliphatic heterocycles. The average Bonchev–Trinajstić information content (AvgIpc) is 2.12. The zero-order chi connectivity index (χ0) is 13.9. The molecule has 1 rings (SSSR count). The van der Waals surface area contributed by atoms with Crippen molar-refractivity contribution in [1.82, 2.24) is 10.3 Å². The Bertz CT molecular complexity index is 540. The summed E-state index contributed by atoms with van der Waals surface area (Å²) in [7, 11) is -3.15. The Balaban J connectivity index is 2.76. The molecule has 1 amide bonds. The van der Waals surface area contributed by atoms with Crippen molar-refractivity contribution >= 4 is 38.9 Å². The molecule has 0 radical (unpaired) electrons. The van der Waals surface area contributed by atoms with Crippen LogP contribution in [-0.2, 0) is 9.84 Å². The molecule has 0 aliphatic rings. The normalized spacial score (nSPS) is 13.1. The van der Waals surface area contributed by atoms with Crippen LogP contribution in [0.25, 0.3) is 0 Å². The van der Waals surface area contributed by atoms with Crippen LogP contribution in [0.2, 0.25) is 10.3 Å². The number of hydrogen-bond acceptors (Lipinski definition) is 4. The first-order valence-corrected chi connectivity index (χ1v) is 7.80. The lowest BCUT2D eigenvalue weighted by molar-refractivity contribution is 0.0943. The van der Waals surface area contributed by atoms with E-state index in [-0.39, 0.29) is 21.6 Å².